The summed E-state index contributed by atoms with van der Waals surface area (Å²) in [6.07, 6.45) is 0. The molecule has 0 fully saturated rings. The SMILES string of the molecule is NC(=O)c1cc(C(N)=O)c2nc(-c3ccccc3)sc2c1. The van der Waals surface area contributed by atoms with E-state index in [1.54, 1.807) is 6.07 Å². The normalized spacial score (nSPS) is 10.7. The topological polar surface area (TPSA) is 99.1 Å². The minimum atomic E-state index is -0.631. The van der Waals surface area contributed by atoms with Crippen LogP contribution in [-0.4, -0.2) is 16.8 Å². The summed E-state index contributed by atoms with van der Waals surface area (Å²) >= 11 is 1.39. The molecule has 0 bridgehead atoms. The third-order valence-corrected chi connectivity index (χ3v) is 4.12. The monoisotopic (exact) mass is 297 g/mol. The summed E-state index contributed by atoms with van der Waals surface area (Å²) < 4.78 is 0.707. The van der Waals surface area contributed by atoms with Crippen molar-refractivity contribution < 1.29 is 9.59 Å². The number of hydrogen-bond donors (Lipinski definition) is 2. The van der Waals surface area contributed by atoms with Crippen molar-refractivity contribution in [2.45, 2.75) is 0 Å². The maximum absolute atomic E-state index is 11.6. The molecule has 3 rings (SSSR count). The van der Waals surface area contributed by atoms with E-state index in [-0.39, 0.29) is 11.1 Å². The Labute approximate surface area is 124 Å². The quantitative estimate of drug-likeness (QED) is 0.774. The van der Waals surface area contributed by atoms with Gasteiger partial charge in [-0.25, -0.2) is 4.98 Å². The Kier molecular flexibility index (Phi) is 3.15. The highest BCUT2D eigenvalue weighted by molar-refractivity contribution is 7.21. The van der Waals surface area contributed by atoms with E-state index in [9.17, 15) is 9.59 Å². The molecule has 0 unspecified atom stereocenters. The largest absolute Gasteiger partial charge is 0.366 e. The second-order valence-corrected chi connectivity index (χ2v) is 5.51. The molecule has 0 atom stereocenters. The first-order chi connectivity index (χ1) is 10.1. The standard InChI is InChI=1S/C15H11N3O2S/c16-13(19)9-6-10(14(17)20)12-11(7-9)21-15(18-12)8-4-2-1-3-5-8/h1-7H,(H2,16,19)(H2,17,20). The van der Waals surface area contributed by atoms with Crippen LogP contribution in [0.25, 0.3) is 20.8 Å². The molecular weight excluding hydrogens is 286 g/mol. The minimum absolute atomic E-state index is 0.208. The predicted molar refractivity (Wildman–Crippen MR) is 82.1 cm³/mol. The maximum Gasteiger partial charge on any atom is 0.250 e. The van der Waals surface area contributed by atoms with E-state index in [0.717, 1.165) is 10.6 Å². The number of primary amides is 2. The zero-order chi connectivity index (χ0) is 15.0. The fourth-order valence-electron chi connectivity index (χ4n) is 2.06. The van der Waals surface area contributed by atoms with Crippen LogP contribution in [0.4, 0.5) is 0 Å². The van der Waals surface area contributed by atoms with Crippen LogP contribution in [0.3, 0.4) is 0 Å². The second-order valence-electron chi connectivity index (χ2n) is 4.48. The van der Waals surface area contributed by atoms with E-state index >= 15 is 0 Å². The van der Waals surface area contributed by atoms with Crippen molar-refractivity contribution in [2.24, 2.45) is 11.5 Å². The molecule has 0 aliphatic rings. The lowest BCUT2D eigenvalue weighted by molar-refractivity contribution is 0.0999. The molecular formula is C15H11N3O2S. The van der Waals surface area contributed by atoms with Gasteiger partial charge in [0.2, 0.25) is 5.91 Å². The van der Waals surface area contributed by atoms with Crippen molar-refractivity contribution in [2.75, 3.05) is 0 Å². The first-order valence-corrected chi connectivity index (χ1v) is 6.97. The van der Waals surface area contributed by atoms with Crippen molar-refractivity contribution in [3.05, 3.63) is 53.6 Å². The Balaban J connectivity index is 2.27. The molecule has 0 spiro atoms. The van der Waals surface area contributed by atoms with Crippen molar-refractivity contribution in [3.8, 4) is 10.6 Å². The van der Waals surface area contributed by atoms with E-state index in [0.29, 0.717) is 10.2 Å². The number of rotatable bonds is 3. The minimum Gasteiger partial charge on any atom is -0.366 e. The molecule has 6 heteroatoms. The molecule has 0 radical (unpaired) electrons. The van der Waals surface area contributed by atoms with Gasteiger partial charge < -0.3 is 11.5 Å². The summed E-state index contributed by atoms with van der Waals surface area (Å²) in [4.78, 5) is 27.4. The number of carbonyl (C=O) groups excluding carboxylic acids is 2. The first kappa shape index (κ1) is 13.3. The number of benzene rings is 2. The molecule has 4 N–H and O–H groups in total. The lowest BCUT2D eigenvalue weighted by atomic mass is 10.1. The van der Waals surface area contributed by atoms with Crippen LogP contribution >= 0.6 is 11.3 Å². The molecule has 0 aliphatic heterocycles. The van der Waals surface area contributed by atoms with Crippen LogP contribution in [-0.2, 0) is 0 Å². The highest BCUT2D eigenvalue weighted by atomic mass is 32.1. The van der Waals surface area contributed by atoms with Gasteiger partial charge in [-0.05, 0) is 12.1 Å². The molecule has 5 nitrogen and oxygen atoms in total. The number of nitrogens with zero attached hydrogens (tertiary/aromatic N) is 1. The molecule has 2 aromatic carbocycles. The van der Waals surface area contributed by atoms with Gasteiger partial charge in [-0.15, -0.1) is 11.3 Å². The van der Waals surface area contributed by atoms with Crippen LogP contribution in [0.1, 0.15) is 20.7 Å². The van der Waals surface area contributed by atoms with Crippen LogP contribution in [0.2, 0.25) is 0 Å². The van der Waals surface area contributed by atoms with Crippen LogP contribution in [0.15, 0.2) is 42.5 Å². The third-order valence-electron chi connectivity index (χ3n) is 3.07. The Morgan fingerprint density at radius 3 is 2.33 bits per heavy atom. The van der Waals surface area contributed by atoms with Crippen molar-refractivity contribution in [1.82, 2.24) is 4.98 Å². The van der Waals surface area contributed by atoms with E-state index < -0.39 is 11.8 Å². The van der Waals surface area contributed by atoms with Crippen LogP contribution in [0, 0.1) is 0 Å². The highest BCUT2D eigenvalue weighted by Gasteiger charge is 2.16. The molecule has 2 amide bonds. The molecule has 0 aliphatic carbocycles. The van der Waals surface area contributed by atoms with Gasteiger partial charge in [0.05, 0.1) is 15.8 Å². The zero-order valence-electron chi connectivity index (χ0n) is 10.9. The van der Waals surface area contributed by atoms with Gasteiger partial charge in [0.15, 0.2) is 0 Å². The molecule has 3 aromatic rings. The summed E-state index contributed by atoms with van der Waals surface area (Å²) in [7, 11) is 0. The van der Waals surface area contributed by atoms with Gasteiger partial charge in [-0.1, -0.05) is 30.3 Å². The number of thiazole rings is 1. The van der Waals surface area contributed by atoms with Crippen molar-refractivity contribution in [1.29, 1.82) is 0 Å². The molecule has 0 saturated heterocycles. The number of carbonyl (C=O) groups is 2. The number of amides is 2. The maximum atomic E-state index is 11.6. The fourth-order valence-corrected chi connectivity index (χ4v) is 3.10. The van der Waals surface area contributed by atoms with Gasteiger partial charge >= 0.3 is 0 Å². The lowest BCUT2D eigenvalue weighted by Gasteiger charge is -2.00. The van der Waals surface area contributed by atoms with Gasteiger partial charge in [-0.3, -0.25) is 9.59 Å². The third kappa shape index (κ3) is 2.36. The average Bonchev–Trinajstić information content (AvgIpc) is 2.90. The Morgan fingerprint density at radius 2 is 1.71 bits per heavy atom. The molecule has 1 heterocycles. The molecule has 21 heavy (non-hydrogen) atoms. The number of hydrogen-bond acceptors (Lipinski definition) is 4. The van der Waals surface area contributed by atoms with Crippen molar-refractivity contribution in [3.63, 3.8) is 0 Å². The Morgan fingerprint density at radius 1 is 1.00 bits per heavy atom. The number of fused-ring (bicyclic) bond motifs is 1. The highest BCUT2D eigenvalue weighted by Crippen LogP contribution is 2.32. The lowest BCUT2D eigenvalue weighted by Crippen LogP contribution is -2.15. The smallest absolute Gasteiger partial charge is 0.250 e. The number of nitrogens with two attached hydrogens (primary N) is 2. The molecule has 104 valence electrons. The second kappa shape index (κ2) is 4.99. The molecule has 0 saturated carbocycles. The average molecular weight is 297 g/mol. The van der Waals surface area contributed by atoms with E-state index in [1.165, 1.54) is 17.4 Å². The van der Waals surface area contributed by atoms with Gasteiger partial charge in [0, 0.05) is 11.1 Å². The van der Waals surface area contributed by atoms with Gasteiger partial charge in [-0.2, -0.15) is 0 Å². The summed E-state index contributed by atoms with van der Waals surface area (Å²) in [5.41, 5.74) is 12.5. The summed E-state index contributed by atoms with van der Waals surface area (Å²) in [5.74, 6) is -1.23. The first-order valence-electron chi connectivity index (χ1n) is 6.16. The molecule has 1 aromatic heterocycles. The van der Waals surface area contributed by atoms with E-state index in [4.69, 9.17) is 11.5 Å². The summed E-state index contributed by atoms with van der Waals surface area (Å²) in [6.45, 7) is 0. The Bertz CT molecular complexity index is 856. The van der Waals surface area contributed by atoms with Gasteiger partial charge in [0.25, 0.3) is 5.91 Å². The summed E-state index contributed by atoms with van der Waals surface area (Å²) in [6, 6.07) is 12.6. The number of aromatic nitrogens is 1. The van der Waals surface area contributed by atoms with Crippen LogP contribution in [0.5, 0.6) is 0 Å². The fraction of sp³-hybridized carbons (Fsp3) is 0. The predicted octanol–water partition coefficient (Wildman–Crippen LogP) is 2.16. The zero-order valence-corrected chi connectivity index (χ0v) is 11.7. The Hall–Kier alpha value is -2.73. The van der Waals surface area contributed by atoms with E-state index in [1.807, 2.05) is 30.3 Å². The summed E-state index contributed by atoms with van der Waals surface area (Å²) in [5, 5.41) is 0.759. The van der Waals surface area contributed by atoms with Crippen molar-refractivity contribution >= 4 is 33.4 Å². The van der Waals surface area contributed by atoms with E-state index in [2.05, 4.69) is 4.98 Å². The van der Waals surface area contributed by atoms with Gasteiger partial charge in [0.1, 0.15) is 5.01 Å². The van der Waals surface area contributed by atoms with Crippen LogP contribution < -0.4 is 11.5 Å².